The molecule has 138 valence electrons. The smallest absolute Gasteiger partial charge is 0.223 e. The quantitative estimate of drug-likeness (QED) is 0.759. The zero-order valence-corrected chi connectivity index (χ0v) is 16.2. The van der Waals surface area contributed by atoms with Crippen molar-refractivity contribution in [2.45, 2.75) is 44.2 Å². The summed E-state index contributed by atoms with van der Waals surface area (Å²) in [5.41, 5.74) is 2.14. The van der Waals surface area contributed by atoms with E-state index >= 15 is 0 Å². The van der Waals surface area contributed by atoms with Crippen molar-refractivity contribution in [3.05, 3.63) is 69.7 Å². The molecule has 0 aliphatic carbocycles. The average molecular weight is 392 g/mol. The topological polar surface area (TPSA) is 40.5 Å². The molecule has 2 unspecified atom stereocenters. The summed E-state index contributed by atoms with van der Waals surface area (Å²) in [5.74, 6) is 0.206. The van der Waals surface area contributed by atoms with Crippen LogP contribution in [0.4, 0.5) is 0 Å². The molecule has 3 rings (SSSR count). The Morgan fingerprint density at radius 2 is 1.85 bits per heavy atom. The summed E-state index contributed by atoms with van der Waals surface area (Å²) >= 11 is 12.3. The van der Waals surface area contributed by atoms with Crippen molar-refractivity contribution in [2.24, 2.45) is 0 Å². The molecule has 1 heterocycles. The van der Waals surface area contributed by atoms with Crippen LogP contribution in [0.3, 0.4) is 0 Å². The fraction of sp³-hybridized carbons (Fsp3) is 0.381. The predicted octanol–water partition coefficient (Wildman–Crippen LogP) is 5.21. The van der Waals surface area contributed by atoms with Crippen LogP contribution in [0.2, 0.25) is 10.0 Å². The second kappa shape index (κ2) is 8.43. The number of carbonyl (C=O) groups excluding carboxylic acids is 1. The van der Waals surface area contributed by atoms with Crippen molar-refractivity contribution in [2.75, 3.05) is 6.61 Å². The summed E-state index contributed by atoms with van der Waals surface area (Å²) in [4.78, 5) is 14.7. The number of amides is 1. The molecule has 3 nitrogen and oxygen atoms in total. The zero-order valence-electron chi connectivity index (χ0n) is 14.7. The Bertz CT molecular complexity index is 759. The number of aliphatic hydroxyl groups is 1. The fourth-order valence-corrected chi connectivity index (χ4v) is 4.22. The molecule has 1 aliphatic rings. The molecule has 1 fully saturated rings. The number of hydrogen-bond acceptors (Lipinski definition) is 2. The Kier molecular flexibility index (Phi) is 6.23. The monoisotopic (exact) mass is 391 g/mol. The van der Waals surface area contributed by atoms with Crippen molar-refractivity contribution in [3.8, 4) is 0 Å². The van der Waals surface area contributed by atoms with Crippen LogP contribution in [0.1, 0.15) is 49.3 Å². The summed E-state index contributed by atoms with van der Waals surface area (Å²) in [6.07, 6.45) is 1.93. The van der Waals surface area contributed by atoms with Crippen molar-refractivity contribution in [1.82, 2.24) is 4.90 Å². The van der Waals surface area contributed by atoms with E-state index < -0.39 is 0 Å². The lowest BCUT2D eigenvalue weighted by molar-refractivity contribution is -0.142. The lowest BCUT2D eigenvalue weighted by atomic mass is 9.79. The van der Waals surface area contributed by atoms with Gasteiger partial charge >= 0.3 is 0 Å². The van der Waals surface area contributed by atoms with Gasteiger partial charge in [-0.15, -0.1) is 0 Å². The van der Waals surface area contributed by atoms with Gasteiger partial charge in [0, 0.05) is 22.4 Å². The lowest BCUT2D eigenvalue weighted by Crippen LogP contribution is -2.49. The molecular weight excluding hydrogens is 369 g/mol. The highest BCUT2D eigenvalue weighted by molar-refractivity contribution is 6.30. The molecule has 2 aromatic rings. The summed E-state index contributed by atoms with van der Waals surface area (Å²) in [6, 6.07) is 15.1. The summed E-state index contributed by atoms with van der Waals surface area (Å²) in [6.45, 7) is 1.95. The van der Waals surface area contributed by atoms with Crippen LogP contribution < -0.4 is 0 Å². The third kappa shape index (κ3) is 3.90. The molecule has 1 aliphatic heterocycles. The molecule has 5 heteroatoms. The maximum Gasteiger partial charge on any atom is 0.223 e. The third-order valence-electron chi connectivity index (χ3n) is 5.20. The van der Waals surface area contributed by atoms with Gasteiger partial charge in [-0.25, -0.2) is 0 Å². The Hall–Kier alpha value is -1.55. The second-order valence-electron chi connectivity index (χ2n) is 6.74. The number of nitrogens with zero attached hydrogens (tertiary/aromatic N) is 1. The minimum atomic E-state index is -0.204. The zero-order chi connectivity index (χ0) is 18.7. The maximum atomic E-state index is 12.8. The van der Waals surface area contributed by atoms with Crippen molar-refractivity contribution >= 4 is 29.1 Å². The number of likely N-dealkylation sites (tertiary alicyclic amines) is 1. The minimum absolute atomic E-state index is 0.0470. The summed E-state index contributed by atoms with van der Waals surface area (Å²) in [7, 11) is 0. The lowest BCUT2D eigenvalue weighted by Gasteiger charge is -2.45. The molecule has 1 saturated heterocycles. The first kappa shape index (κ1) is 19.2. The highest BCUT2D eigenvalue weighted by Crippen LogP contribution is 2.44. The Morgan fingerprint density at radius 1 is 1.12 bits per heavy atom. The van der Waals surface area contributed by atoms with E-state index in [1.165, 1.54) is 0 Å². The SMILES string of the molecule is CC[C@@H](CO)N1C(=O)CCC(c2cccc(Cl)c2)C1c1ccc(Cl)cc1. The molecule has 26 heavy (non-hydrogen) atoms. The number of hydrogen-bond donors (Lipinski definition) is 1. The molecule has 0 bridgehead atoms. The van der Waals surface area contributed by atoms with Gasteiger partial charge in [-0.05, 0) is 48.2 Å². The van der Waals surface area contributed by atoms with E-state index in [0.717, 1.165) is 17.5 Å². The number of benzene rings is 2. The van der Waals surface area contributed by atoms with Crippen LogP contribution in [0, 0.1) is 0 Å². The van der Waals surface area contributed by atoms with Crippen molar-refractivity contribution in [3.63, 3.8) is 0 Å². The first-order chi connectivity index (χ1) is 12.5. The Labute approximate surface area is 164 Å². The number of rotatable bonds is 5. The number of aliphatic hydroxyl groups excluding tert-OH is 1. The van der Waals surface area contributed by atoms with Crippen molar-refractivity contribution in [1.29, 1.82) is 0 Å². The van der Waals surface area contributed by atoms with Crippen LogP contribution in [-0.2, 0) is 4.79 Å². The van der Waals surface area contributed by atoms with Gasteiger partial charge in [0.25, 0.3) is 0 Å². The molecule has 2 aromatic carbocycles. The molecular formula is C21H23Cl2NO2. The van der Waals surface area contributed by atoms with Gasteiger partial charge in [0.2, 0.25) is 5.91 Å². The van der Waals surface area contributed by atoms with Crippen LogP contribution >= 0.6 is 23.2 Å². The van der Waals surface area contributed by atoms with Crippen molar-refractivity contribution < 1.29 is 9.90 Å². The molecule has 1 amide bonds. The molecule has 0 radical (unpaired) electrons. The van der Waals surface area contributed by atoms with E-state index in [0.29, 0.717) is 22.9 Å². The summed E-state index contributed by atoms with van der Waals surface area (Å²) < 4.78 is 0. The normalized spacial score (nSPS) is 21.7. The Balaban J connectivity index is 2.09. The third-order valence-corrected chi connectivity index (χ3v) is 5.69. The van der Waals surface area contributed by atoms with E-state index in [-0.39, 0.29) is 30.5 Å². The van der Waals surface area contributed by atoms with Gasteiger partial charge in [-0.1, -0.05) is 54.4 Å². The van der Waals surface area contributed by atoms with Gasteiger partial charge in [0.15, 0.2) is 0 Å². The van der Waals surface area contributed by atoms with E-state index in [1.807, 2.05) is 54.3 Å². The maximum absolute atomic E-state index is 12.8. The molecule has 0 aromatic heterocycles. The highest BCUT2D eigenvalue weighted by Gasteiger charge is 2.40. The molecule has 1 N–H and O–H groups in total. The second-order valence-corrected chi connectivity index (χ2v) is 7.62. The average Bonchev–Trinajstić information content (AvgIpc) is 2.64. The largest absolute Gasteiger partial charge is 0.394 e. The van der Waals surface area contributed by atoms with Gasteiger partial charge in [0.1, 0.15) is 0 Å². The number of halogens is 2. The molecule has 0 saturated carbocycles. The van der Waals surface area contributed by atoms with E-state index in [9.17, 15) is 9.90 Å². The molecule has 0 spiro atoms. The van der Waals surface area contributed by atoms with E-state index in [2.05, 4.69) is 6.07 Å². The van der Waals surface area contributed by atoms with E-state index in [4.69, 9.17) is 23.2 Å². The Morgan fingerprint density at radius 3 is 2.46 bits per heavy atom. The van der Waals surface area contributed by atoms with Gasteiger partial charge in [-0.3, -0.25) is 4.79 Å². The highest BCUT2D eigenvalue weighted by atomic mass is 35.5. The molecule has 3 atom stereocenters. The minimum Gasteiger partial charge on any atom is -0.394 e. The van der Waals surface area contributed by atoms with Crippen LogP contribution in [0.15, 0.2) is 48.5 Å². The number of piperidine rings is 1. The van der Waals surface area contributed by atoms with Crippen LogP contribution in [0.25, 0.3) is 0 Å². The first-order valence-corrected chi connectivity index (χ1v) is 9.73. The van der Waals surface area contributed by atoms with E-state index in [1.54, 1.807) is 0 Å². The summed E-state index contributed by atoms with van der Waals surface area (Å²) in [5, 5.41) is 11.2. The van der Waals surface area contributed by atoms with Crippen LogP contribution in [0.5, 0.6) is 0 Å². The standard InChI is InChI=1S/C21H23Cl2NO2/c1-2-18(13-25)24-20(26)11-10-19(15-4-3-5-17(23)12-15)21(24)14-6-8-16(22)9-7-14/h3-9,12,18-19,21,25H,2,10-11,13H2,1H3/t18-,19?,21?/m0/s1. The van der Waals surface area contributed by atoms with Gasteiger partial charge < -0.3 is 10.0 Å². The predicted molar refractivity (Wildman–Crippen MR) is 106 cm³/mol. The van der Waals surface area contributed by atoms with Crippen LogP contribution in [-0.4, -0.2) is 28.6 Å². The van der Waals surface area contributed by atoms with Gasteiger partial charge in [-0.2, -0.15) is 0 Å². The first-order valence-electron chi connectivity index (χ1n) is 8.98. The number of carbonyl (C=O) groups is 1. The fourth-order valence-electron chi connectivity index (χ4n) is 3.90. The van der Waals surface area contributed by atoms with Gasteiger partial charge in [0.05, 0.1) is 18.7 Å².